The van der Waals surface area contributed by atoms with Crippen molar-refractivity contribution in [2.45, 2.75) is 17.7 Å². The summed E-state index contributed by atoms with van der Waals surface area (Å²) in [5.74, 6) is -0.961. The van der Waals surface area contributed by atoms with Crippen LogP contribution in [0.3, 0.4) is 0 Å². The van der Waals surface area contributed by atoms with E-state index in [-0.39, 0.29) is 31.4 Å². The Morgan fingerprint density at radius 1 is 1.16 bits per heavy atom. The van der Waals surface area contributed by atoms with Gasteiger partial charge in [0.2, 0.25) is 15.9 Å². The summed E-state index contributed by atoms with van der Waals surface area (Å²) in [6.45, 7) is 1.19. The molecule has 3 aromatic rings. The van der Waals surface area contributed by atoms with E-state index in [4.69, 9.17) is 11.6 Å². The summed E-state index contributed by atoms with van der Waals surface area (Å²) in [5.41, 5.74) is 2.15. The molecular formula is C22H22Cl2N4O3S. The molecule has 0 aliphatic carbocycles. The normalized spacial score (nSPS) is 19.0. The number of pyridine rings is 1. The molecule has 168 valence electrons. The SMILES string of the molecule is Cl.O=C(Nc1cncc2ccccc12)C1CN(S(=O)(=O)C2CNC2)Cc2ccc(Cl)cc21. The summed E-state index contributed by atoms with van der Waals surface area (Å²) < 4.78 is 27.6. The van der Waals surface area contributed by atoms with Crippen molar-refractivity contribution in [1.82, 2.24) is 14.6 Å². The third-order valence-electron chi connectivity index (χ3n) is 5.98. The first-order valence-electron chi connectivity index (χ1n) is 10.0. The van der Waals surface area contributed by atoms with E-state index in [1.807, 2.05) is 24.3 Å². The fourth-order valence-corrected chi connectivity index (χ4v) is 6.06. The Hall–Kier alpha value is -2.23. The maximum atomic E-state index is 13.4. The highest BCUT2D eigenvalue weighted by molar-refractivity contribution is 7.89. The van der Waals surface area contributed by atoms with Crippen LogP contribution in [0.25, 0.3) is 10.8 Å². The molecule has 2 aliphatic heterocycles. The summed E-state index contributed by atoms with van der Waals surface area (Å²) in [6.07, 6.45) is 3.35. The summed E-state index contributed by atoms with van der Waals surface area (Å²) >= 11 is 6.21. The van der Waals surface area contributed by atoms with Crippen LogP contribution < -0.4 is 10.6 Å². The second-order valence-electron chi connectivity index (χ2n) is 7.91. The van der Waals surface area contributed by atoms with Crippen molar-refractivity contribution in [3.8, 4) is 0 Å². The number of hydrogen-bond acceptors (Lipinski definition) is 5. The second-order valence-corrected chi connectivity index (χ2v) is 10.6. The molecule has 2 N–H and O–H groups in total. The molecule has 0 radical (unpaired) electrons. The zero-order valence-electron chi connectivity index (χ0n) is 17.0. The molecule has 1 saturated heterocycles. The first-order valence-corrected chi connectivity index (χ1v) is 11.9. The van der Waals surface area contributed by atoms with Crippen molar-refractivity contribution in [2.75, 3.05) is 25.0 Å². The lowest BCUT2D eigenvalue weighted by molar-refractivity contribution is -0.118. The summed E-state index contributed by atoms with van der Waals surface area (Å²) in [4.78, 5) is 17.6. The van der Waals surface area contributed by atoms with Crippen LogP contribution in [0.2, 0.25) is 5.02 Å². The van der Waals surface area contributed by atoms with Crippen molar-refractivity contribution in [3.05, 3.63) is 71.0 Å². The molecule has 7 nitrogen and oxygen atoms in total. The van der Waals surface area contributed by atoms with Crippen LogP contribution >= 0.6 is 24.0 Å². The van der Waals surface area contributed by atoms with Crippen molar-refractivity contribution in [3.63, 3.8) is 0 Å². The molecule has 0 saturated carbocycles. The zero-order valence-corrected chi connectivity index (χ0v) is 19.4. The Balaban J connectivity index is 0.00000245. The molecule has 3 heterocycles. The van der Waals surface area contributed by atoms with Gasteiger partial charge in [-0.1, -0.05) is 41.9 Å². The molecule has 1 amide bonds. The molecule has 2 aliphatic rings. The van der Waals surface area contributed by atoms with Crippen LogP contribution in [0, 0.1) is 0 Å². The van der Waals surface area contributed by atoms with Gasteiger partial charge in [0.15, 0.2) is 0 Å². The maximum Gasteiger partial charge on any atom is 0.233 e. The van der Waals surface area contributed by atoms with E-state index in [0.717, 1.165) is 21.9 Å². The number of benzene rings is 2. The molecular weight excluding hydrogens is 471 g/mol. The number of sulfonamides is 1. The Bertz CT molecular complexity index is 1280. The smallest absolute Gasteiger partial charge is 0.233 e. The average molecular weight is 493 g/mol. The van der Waals surface area contributed by atoms with Gasteiger partial charge in [0, 0.05) is 48.2 Å². The number of halogens is 2. The Labute approximate surface area is 197 Å². The van der Waals surface area contributed by atoms with Crippen molar-refractivity contribution >= 4 is 56.4 Å². The van der Waals surface area contributed by atoms with E-state index in [0.29, 0.717) is 23.8 Å². The third kappa shape index (κ3) is 4.09. The number of nitrogens with zero attached hydrogens (tertiary/aromatic N) is 2. The average Bonchev–Trinajstić information content (AvgIpc) is 2.71. The molecule has 5 rings (SSSR count). The van der Waals surface area contributed by atoms with Crippen LogP contribution in [-0.2, 0) is 21.4 Å². The highest BCUT2D eigenvalue weighted by Crippen LogP contribution is 2.34. The first kappa shape index (κ1) is 22.9. The number of amides is 1. The van der Waals surface area contributed by atoms with E-state index < -0.39 is 21.2 Å². The Kier molecular flexibility index (Phi) is 6.42. The molecule has 10 heteroatoms. The van der Waals surface area contributed by atoms with Crippen LogP contribution in [-0.4, -0.2) is 48.5 Å². The number of carbonyl (C=O) groups is 1. The lowest BCUT2D eigenvalue weighted by atomic mass is 9.90. The van der Waals surface area contributed by atoms with Gasteiger partial charge in [-0.2, -0.15) is 4.31 Å². The largest absolute Gasteiger partial charge is 0.324 e. The van der Waals surface area contributed by atoms with E-state index in [1.54, 1.807) is 30.6 Å². The Morgan fingerprint density at radius 3 is 2.69 bits per heavy atom. The number of rotatable bonds is 4. The highest BCUT2D eigenvalue weighted by Gasteiger charge is 2.41. The van der Waals surface area contributed by atoms with E-state index >= 15 is 0 Å². The van der Waals surface area contributed by atoms with E-state index in [2.05, 4.69) is 15.6 Å². The van der Waals surface area contributed by atoms with Crippen LogP contribution in [0.1, 0.15) is 17.0 Å². The monoisotopic (exact) mass is 492 g/mol. The van der Waals surface area contributed by atoms with Gasteiger partial charge in [-0.3, -0.25) is 9.78 Å². The molecule has 0 spiro atoms. The van der Waals surface area contributed by atoms with Crippen LogP contribution in [0.15, 0.2) is 54.9 Å². The molecule has 1 atom stereocenters. The quantitative estimate of drug-likeness (QED) is 0.583. The molecule has 0 bridgehead atoms. The molecule has 2 aromatic carbocycles. The second kappa shape index (κ2) is 8.96. The molecule has 32 heavy (non-hydrogen) atoms. The number of aromatic nitrogens is 1. The summed E-state index contributed by atoms with van der Waals surface area (Å²) in [5, 5.41) is 7.82. The number of anilines is 1. The number of hydrogen-bond donors (Lipinski definition) is 2. The van der Waals surface area contributed by atoms with Gasteiger partial charge >= 0.3 is 0 Å². The zero-order chi connectivity index (χ0) is 21.6. The topological polar surface area (TPSA) is 91.4 Å². The first-order chi connectivity index (χ1) is 14.9. The lowest BCUT2D eigenvalue weighted by Gasteiger charge is -2.38. The summed E-state index contributed by atoms with van der Waals surface area (Å²) in [7, 11) is -3.51. The van der Waals surface area contributed by atoms with E-state index in [9.17, 15) is 13.2 Å². The number of fused-ring (bicyclic) bond motifs is 2. The molecule has 1 unspecified atom stereocenters. The molecule has 1 fully saturated rings. The number of carbonyl (C=O) groups excluding carboxylic acids is 1. The number of nitrogens with one attached hydrogen (secondary N) is 2. The van der Waals surface area contributed by atoms with E-state index in [1.165, 1.54) is 4.31 Å². The van der Waals surface area contributed by atoms with Gasteiger partial charge in [0.25, 0.3) is 0 Å². The summed E-state index contributed by atoms with van der Waals surface area (Å²) in [6, 6.07) is 12.9. The Morgan fingerprint density at radius 2 is 1.94 bits per heavy atom. The minimum Gasteiger partial charge on any atom is -0.324 e. The third-order valence-corrected chi connectivity index (χ3v) is 8.39. The molecule has 1 aromatic heterocycles. The van der Waals surface area contributed by atoms with Crippen LogP contribution in [0.4, 0.5) is 5.69 Å². The lowest BCUT2D eigenvalue weighted by Crippen LogP contribution is -2.57. The highest BCUT2D eigenvalue weighted by atomic mass is 35.5. The van der Waals surface area contributed by atoms with Gasteiger partial charge in [-0.15, -0.1) is 12.4 Å². The van der Waals surface area contributed by atoms with Crippen molar-refractivity contribution in [2.24, 2.45) is 0 Å². The fraction of sp³-hybridized carbons (Fsp3) is 0.273. The van der Waals surface area contributed by atoms with Gasteiger partial charge in [-0.05, 0) is 23.3 Å². The standard InChI is InChI=1S/C22H21ClN4O3S.ClH/c23-16-6-5-15-12-27(31(29,30)17-9-25-10-17)13-20(19(15)7-16)22(28)26-21-11-24-8-14-3-1-2-4-18(14)21;/h1-8,11,17,20,25H,9-10,12-13H2,(H,26,28);1H. The van der Waals surface area contributed by atoms with Gasteiger partial charge < -0.3 is 10.6 Å². The van der Waals surface area contributed by atoms with Crippen molar-refractivity contribution in [1.29, 1.82) is 0 Å². The predicted molar refractivity (Wildman–Crippen MR) is 128 cm³/mol. The maximum absolute atomic E-state index is 13.4. The van der Waals surface area contributed by atoms with Gasteiger partial charge in [0.05, 0.1) is 17.8 Å². The minimum atomic E-state index is -3.51. The van der Waals surface area contributed by atoms with Crippen LogP contribution in [0.5, 0.6) is 0 Å². The van der Waals surface area contributed by atoms with Gasteiger partial charge in [-0.25, -0.2) is 8.42 Å². The van der Waals surface area contributed by atoms with Crippen molar-refractivity contribution < 1.29 is 13.2 Å². The van der Waals surface area contributed by atoms with Gasteiger partial charge in [0.1, 0.15) is 5.25 Å². The fourth-order valence-electron chi connectivity index (χ4n) is 4.13. The predicted octanol–water partition coefficient (Wildman–Crippen LogP) is 3.15. The minimum absolute atomic E-state index is 0.